The molecule has 4 heteroatoms. The summed E-state index contributed by atoms with van der Waals surface area (Å²) >= 11 is 0. The zero-order chi connectivity index (χ0) is 10.6. The maximum atomic E-state index is 11.5. The summed E-state index contributed by atoms with van der Waals surface area (Å²) in [4.78, 5) is 24.8. The van der Waals surface area contributed by atoms with Gasteiger partial charge in [0.2, 0.25) is 0 Å². The summed E-state index contributed by atoms with van der Waals surface area (Å²) in [6.45, 7) is 1.68. The molecule has 2 heterocycles. The number of benzene rings is 1. The van der Waals surface area contributed by atoms with E-state index in [4.69, 9.17) is 0 Å². The van der Waals surface area contributed by atoms with Gasteiger partial charge >= 0.3 is 0 Å². The number of nitrogens with zero attached hydrogens (tertiary/aromatic N) is 1. The number of hydrogen-bond donors (Lipinski definition) is 1. The van der Waals surface area contributed by atoms with Crippen LogP contribution in [0.5, 0.6) is 0 Å². The van der Waals surface area contributed by atoms with E-state index in [-0.39, 0.29) is 0 Å². The van der Waals surface area contributed by atoms with E-state index in [9.17, 15) is 9.59 Å². The summed E-state index contributed by atoms with van der Waals surface area (Å²) in [5.41, 5.74) is 3.54. The highest BCUT2D eigenvalue weighted by Gasteiger charge is 2.32. The molecule has 1 aromatic carbocycles. The summed E-state index contributed by atoms with van der Waals surface area (Å²) in [6, 6.07) is 3.68. The van der Waals surface area contributed by atoms with Gasteiger partial charge in [-0.15, -0.1) is 0 Å². The van der Waals surface area contributed by atoms with Crippen molar-refractivity contribution in [2.45, 2.75) is 13.1 Å². The first kappa shape index (κ1) is 8.61. The first-order valence-electron chi connectivity index (χ1n) is 4.86. The van der Waals surface area contributed by atoms with Crippen molar-refractivity contribution in [1.29, 1.82) is 0 Å². The number of amides is 1. The lowest BCUT2D eigenvalue weighted by Crippen LogP contribution is -2.13. The van der Waals surface area contributed by atoms with E-state index in [0.717, 1.165) is 24.3 Å². The Kier molecular flexibility index (Phi) is 1.53. The lowest BCUT2D eigenvalue weighted by Gasteiger charge is -2.05. The summed E-state index contributed by atoms with van der Waals surface area (Å²) in [7, 11) is 2.02. The molecule has 0 aromatic heterocycles. The third-order valence-electron chi connectivity index (χ3n) is 2.97. The Morgan fingerprint density at radius 2 is 2.07 bits per heavy atom. The van der Waals surface area contributed by atoms with E-state index in [2.05, 4.69) is 10.2 Å². The molecule has 0 radical (unpaired) electrons. The van der Waals surface area contributed by atoms with Crippen molar-refractivity contribution in [1.82, 2.24) is 4.90 Å². The second-order valence-corrected chi connectivity index (χ2v) is 4.08. The van der Waals surface area contributed by atoms with Crippen molar-refractivity contribution in [3.05, 3.63) is 28.8 Å². The molecule has 0 saturated carbocycles. The number of fused-ring (bicyclic) bond motifs is 3. The molecule has 0 bridgehead atoms. The molecule has 1 amide bonds. The average Bonchev–Trinajstić information content (AvgIpc) is 2.69. The van der Waals surface area contributed by atoms with Gasteiger partial charge in [-0.25, -0.2) is 0 Å². The molecular weight excluding hydrogens is 192 g/mol. The highest BCUT2D eigenvalue weighted by Crippen LogP contribution is 2.34. The fourth-order valence-electron chi connectivity index (χ4n) is 2.26. The fourth-order valence-corrected chi connectivity index (χ4v) is 2.26. The third-order valence-corrected chi connectivity index (χ3v) is 2.97. The van der Waals surface area contributed by atoms with Gasteiger partial charge < -0.3 is 5.32 Å². The highest BCUT2D eigenvalue weighted by molar-refractivity contribution is 6.51. The van der Waals surface area contributed by atoms with Crippen LogP contribution < -0.4 is 5.32 Å². The van der Waals surface area contributed by atoms with Crippen LogP contribution in [0, 0.1) is 0 Å². The topological polar surface area (TPSA) is 49.4 Å². The Bertz CT molecular complexity index is 494. The van der Waals surface area contributed by atoms with E-state index in [1.165, 1.54) is 5.56 Å². The van der Waals surface area contributed by atoms with Crippen LogP contribution in [0.4, 0.5) is 5.69 Å². The maximum absolute atomic E-state index is 11.5. The highest BCUT2D eigenvalue weighted by atomic mass is 16.2. The number of Topliss-reactive ketones (excluding diaryl/α,β-unsaturated/α-hetero) is 1. The second-order valence-electron chi connectivity index (χ2n) is 4.08. The molecule has 3 rings (SSSR count). The van der Waals surface area contributed by atoms with Gasteiger partial charge in [0.15, 0.2) is 0 Å². The Labute approximate surface area is 86.9 Å². The monoisotopic (exact) mass is 202 g/mol. The van der Waals surface area contributed by atoms with Gasteiger partial charge in [0.25, 0.3) is 11.7 Å². The van der Waals surface area contributed by atoms with E-state index in [0.29, 0.717) is 5.56 Å². The number of anilines is 1. The molecule has 0 saturated heterocycles. The van der Waals surface area contributed by atoms with Crippen LogP contribution in [0.1, 0.15) is 21.5 Å². The molecule has 2 aliphatic heterocycles. The molecular formula is C11H10N2O2. The predicted octanol–water partition coefficient (Wildman–Crippen LogP) is 0.767. The Morgan fingerprint density at radius 1 is 1.27 bits per heavy atom. The van der Waals surface area contributed by atoms with Crippen LogP contribution in [0.25, 0.3) is 0 Å². The molecule has 1 N–H and O–H groups in total. The minimum absolute atomic E-state index is 0.414. The molecule has 0 unspecified atom stereocenters. The van der Waals surface area contributed by atoms with Crippen LogP contribution in [0.15, 0.2) is 12.1 Å². The number of ketones is 1. The SMILES string of the molecule is CN1Cc2ccc3c(c2C1)NC(=O)C3=O. The molecule has 0 atom stereocenters. The van der Waals surface area contributed by atoms with Gasteiger partial charge in [-0.2, -0.15) is 0 Å². The zero-order valence-corrected chi connectivity index (χ0v) is 8.33. The van der Waals surface area contributed by atoms with Crippen LogP contribution in [0.2, 0.25) is 0 Å². The van der Waals surface area contributed by atoms with Crippen molar-refractivity contribution in [3.8, 4) is 0 Å². The van der Waals surface area contributed by atoms with Gasteiger partial charge in [-0.05, 0) is 24.2 Å². The van der Waals surface area contributed by atoms with Crippen LogP contribution in [0.3, 0.4) is 0 Å². The van der Waals surface area contributed by atoms with Gasteiger partial charge in [-0.3, -0.25) is 14.5 Å². The standard InChI is InChI=1S/C11H10N2O2/c1-13-4-6-2-3-7-9(8(6)5-13)12-11(15)10(7)14/h2-3H,4-5H2,1H3,(H,12,14,15). The molecule has 0 aliphatic carbocycles. The number of nitrogens with one attached hydrogen (secondary N) is 1. The van der Waals surface area contributed by atoms with Crippen molar-refractivity contribution < 1.29 is 9.59 Å². The van der Waals surface area contributed by atoms with Gasteiger partial charge in [0, 0.05) is 13.1 Å². The van der Waals surface area contributed by atoms with Gasteiger partial charge in [0.05, 0.1) is 11.3 Å². The first-order chi connectivity index (χ1) is 7.16. The third kappa shape index (κ3) is 1.05. The lowest BCUT2D eigenvalue weighted by atomic mass is 10.0. The normalized spacial score (nSPS) is 19.0. The van der Waals surface area contributed by atoms with Crippen molar-refractivity contribution in [2.24, 2.45) is 0 Å². The van der Waals surface area contributed by atoms with E-state index in [1.807, 2.05) is 13.1 Å². The summed E-state index contributed by atoms with van der Waals surface area (Å²) in [5, 5.41) is 2.65. The first-order valence-corrected chi connectivity index (χ1v) is 4.86. The fraction of sp³-hybridized carbons (Fsp3) is 0.273. The van der Waals surface area contributed by atoms with Crippen LogP contribution in [-0.4, -0.2) is 23.6 Å². The smallest absolute Gasteiger partial charge is 0.296 e. The molecule has 76 valence electrons. The van der Waals surface area contributed by atoms with Crippen LogP contribution >= 0.6 is 0 Å². The quantitative estimate of drug-likeness (QED) is 0.632. The van der Waals surface area contributed by atoms with E-state index >= 15 is 0 Å². The lowest BCUT2D eigenvalue weighted by molar-refractivity contribution is -0.112. The predicted molar refractivity (Wildman–Crippen MR) is 54.6 cm³/mol. The number of rotatable bonds is 0. The van der Waals surface area contributed by atoms with Crippen LogP contribution in [-0.2, 0) is 17.9 Å². The summed E-state index contributed by atoms with van der Waals surface area (Å²) in [5.74, 6) is -0.921. The Hall–Kier alpha value is -1.68. The second kappa shape index (κ2) is 2.67. The van der Waals surface area contributed by atoms with E-state index in [1.54, 1.807) is 6.07 Å². The number of carbonyl (C=O) groups excluding carboxylic acids is 2. The molecule has 4 nitrogen and oxygen atoms in total. The Balaban J connectivity index is 2.21. The van der Waals surface area contributed by atoms with E-state index < -0.39 is 11.7 Å². The largest absolute Gasteiger partial charge is 0.318 e. The number of hydrogen-bond acceptors (Lipinski definition) is 3. The van der Waals surface area contributed by atoms with Gasteiger partial charge in [-0.1, -0.05) is 6.07 Å². The zero-order valence-electron chi connectivity index (χ0n) is 8.33. The van der Waals surface area contributed by atoms with Crippen molar-refractivity contribution >= 4 is 17.4 Å². The molecule has 15 heavy (non-hydrogen) atoms. The van der Waals surface area contributed by atoms with Crippen molar-refractivity contribution in [3.63, 3.8) is 0 Å². The Morgan fingerprint density at radius 3 is 2.87 bits per heavy atom. The maximum Gasteiger partial charge on any atom is 0.296 e. The minimum atomic E-state index is -0.507. The summed E-state index contributed by atoms with van der Waals surface area (Å²) in [6.07, 6.45) is 0. The minimum Gasteiger partial charge on any atom is -0.318 e. The molecule has 2 aliphatic rings. The molecule has 1 aromatic rings. The molecule has 0 spiro atoms. The molecule has 0 fully saturated rings. The summed E-state index contributed by atoms with van der Waals surface area (Å²) < 4.78 is 0. The number of carbonyl (C=O) groups is 2. The van der Waals surface area contributed by atoms with Gasteiger partial charge in [0.1, 0.15) is 0 Å². The average molecular weight is 202 g/mol. The van der Waals surface area contributed by atoms with Crippen molar-refractivity contribution in [2.75, 3.05) is 12.4 Å².